The van der Waals surface area contributed by atoms with Crippen LogP contribution in [0, 0.1) is 18.7 Å². The molecule has 0 aliphatic carbocycles. The second-order valence-electron chi connectivity index (χ2n) is 7.37. The van der Waals surface area contributed by atoms with Crippen LogP contribution in [0.3, 0.4) is 0 Å². The number of nitrogens with zero attached hydrogens (tertiary/aromatic N) is 2. The first-order valence-electron chi connectivity index (χ1n) is 9.88. The molecule has 0 atom stereocenters. The van der Waals surface area contributed by atoms with E-state index in [4.69, 9.17) is 16.1 Å². The number of rotatable bonds is 6. The zero-order chi connectivity index (χ0) is 21.0. The number of carbonyl (C=O) groups is 2. The quantitative estimate of drug-likeness (QED) is 0.739. The SMILES string of the molecule is CCc1noc(C)c1C(=O)N1CCC(CCC(=O)Nc2ccc(F)c(Cl)c2)CC1. The number of hydrogen-bond donors (Lipinski definition) is 1. The summed E-state index contributed by atoms with van der Waals surface area (Å²) in [4.78, 5) is 26.8. The van der Waals surface area contributed by atoms with E-state index in [-0.39, 0.29) is 16.8 Å². The average molecular weight is 422 g/mol. The molecule has 0 radical (unpaired) electrons. The Morgan fingerprint density at radius 1 is 1.34 bits per heavy atom. The summed E-state index contributed by atoms with van der Waals surface area (Å²) in [6.45, 7) is 5.03. The van der Waals surface area contributed by atoms with Crippen LogP contribution in [0.25, 0.3) is 0 Å². The third-order valence-corrected chi connectivity index (χ3v) is 5.66. The number of amides is 2. The maximum Gasteiger partial charge on any atom is 0.259 e. The molecule has 156 valence electrons. The summed E-state index contributed by atoms with van der Waals surface area (Å²) in [6, 6.07) is 4.11. The summed E-state index contributed by atoms with van der Waals surface area (Å²) in [5.41, 5.74) is 1.77. The highest BCUT2D eigenvalue weighted by molar-refractivity contribution is 6.31. The zero-order valence-corrected chi connectivity index (χ0v) is 17.4. The van der Waals surface area contributed by atoms with Gasteiger partial charge in [0.1, 0.15) is 17.1 Å². The molecule has 1 aliphatic heterocycles. The number of aryl methyl sites for hydroxylation is 2. The number of halogens is 2. The van der Waals surface area contributed by atoms with Gasteiger partial charge in [-0.15, -0.1) is 0 Å². The average Bonchev–Trinajstić information content (AvgIpc) is 3.09. The van der Waals surface area contributed by atoms with Crippen LogP contribution in [-0.2, 0) is 11.2 Å². The lowest BCUT2D eigenvalue weighted by molar-refractivity contribution is -0.116. The van der Waals surface area contributed by atoms with Crippen LogP contribution in [0.5, 0.6) is 0 Å². The van der Waals surface area contributed by atoms with Crippen LogP contribution in [-0.4, -0.2) is 35.0 Å². The van der Waals surface area contributed by atoms with E-state index in [9.17, 15) is 14.0 Å². The summed E-state index contributed by atoms with van der Waals surface area (Å²) in [7, 11) is 0. The summed E-state index contributed by atoms with van der Waals surface area (Å²) in [5.74, 6) is 0.282. The van der Waals surface area contributed by atoms with Crippen LogP contribution in [0.15, 0.2) is 22.7 Å². The van der Waals surface area contributed by atoms with Gasteiger partial charge in [-0.2, -0.15) is 0 Å². The lowest BCUT2D eigenvalue weighted by atomic mass is 9.91. The van der Waals surface area contributed by atoms with Gasteiger partial charge in [-0.05, 0) is 56.7 Å². The number of carbonyl (C=O) groups excluding carboxylic acids is 2. The minimum absolute atomic E-state index is 0.0193. The fraction of sp³-hybridized carbons (Fsp3) is 0.476. The summed E-state index contributed by atoms with van der Waals surface area (Å²) in [5, 5.41) is 6.69. The largest absolute Gasteiger partial charge is 0.361 e. The molecule has 1 aromatic heterocycles. The Morgan fingerprint density at radius 2 is 2.07 bits per heavy atom. The molecule has 1 N–H and O–H groups in total. The number of likely N-dealkylation sites (tertiary alicyclic amines) is 1. The Bertz CT molecular complexity index is 891. The van der Waals surface area contributed by atoms with Gasteiger partial charge in [0.25, 0.3) is 5.91 Å². The lowest BCUT2D eigenvalue weighted by Gasteiger charge is -2.32. The second kappa shape index (κ2) is 9.39. The molecule has 2 amide bonds. The van der Waals surface area contributed by atoms with Crippen LogP contribution in [0.2, 0.25) is 5.02 Å². The smallest absolute Gasteiger partial charge is 0.259 e. The molecule has 8 heteroatoms. The van der Waals surface area contributed by atoms with Gasteiger partial charge in [-0.1, -0.05) is 23.7 Å². The maximum absolute atomic E-state index is 13.2. The van der Waals surface area contributed by atoms with Crippen molar-refractivity contribution >= 4 is 29.1 Å². The van der Waals surface area contributed by atoms with E-state index >= 15 is 0 Å². The van der Waals surface area contributed by atoms with E-state index < -0.39 is 5.82 Å². The number of hydrogen-bond acceptors (Lipinski definition) is 4. The van der Waals surface area contributed by atoms with Crippen molar-refractivity contribution in [2.24, 2.45) is 5.92 Å². The Hall–Kier alpha value is -2.41. The van der Waals surface area contributed by atoms with Gasteiger partial charge >= 0.3 is 0 Å². The van der Waals surface area contributed by atoms with Crippen molar-refractivity contribution in [3.05, 3.63) is 46.1 Å². The van der Waals surface area contributed by atoms with E-state index in [1.54, 1.807) is 6.92 Å². The van der Waals surface area contributed by atoms with Gasteiger partial charge in [-0.3, -0.25) is 9.59 Å². The highest BCUT2D eigenvalue weighted by atomic mass is 35.5. The Balaban J connectivity index is 1.46. The van der Waals surface area contributed by atoms with Gasteiger partial charge in [-0.25, -0.2) is 4.39 Å². The van der Waals surface area contributed by atoms with Crippen molar-refractivity contribution in [3.63, 3.8) is 0 Å². The number of benzene rings is 1. The van der Waals surface area contributed by atoms with Crippen LogP contribution >= 0.6 is 11.6 Å². The molecule has 2 heterocycles. The van der Waals surface area contributed by atoms with Gasteiger partial charge < -0.3 is 14.7 Å². The minimum atomic E-state index is -0.515. The molecule has 6 nitrogen and oxygen atoms in total. The number of aromatic nitrogens is 1. The molecule has 0 spiro atoms. The van der Waals surface area contributed by atoms with Crippen LogP contribution in [0.4, 0.5) is 10.1 Å². The first-order chi connectivity index (χ1) is 13.9. The van der Waals surface area contributed by atoms with Crippen molar-refractivity contribution in [3.8, 4) is 0 Å². The highest BCUT2D eigenvalue weighted by Gasteiger charge is 2.28. The van der Waals surface area contributed by atoms with Gasteiger partial charge in [0.05, 0.1) is 10.7 Å². The molecule has 3 rings (SSSR count). The fourth-order valence-corrected chi connectivity index (χ4v) is 3.83. The summed E-state index contributed by atoms with van der Waals surface area (Å²) >= 11 is 5.73. The van der Waals surface area contributed by atoms with Crippen molar-refractivity contribution in [2.45, 2.75) is 46.0 Å². The first-order valence-corrected chi connectivity index (χ1v) is 10.3. The molecule has 1 aliphatic rings. The van der Waals surface area contributed by atoms with E-state index in [0.717, 1.165) is 19.3 Å². The topological polar surface area (TPSA) is 75.4 Å². The molecule has 1 fully saturated rings. The number of piperidine rings is 1. The normalized spacial score (nSPS) is 14.8. The Kier molecular flexibility index (Phi) is 6.90. The van der Waals surface area contributed by atoms with Crippen LogP contribution < -0.4 is 5.32 Å². The Labute approximate surface area is 174 Å². The summed E-state index contributed by atoms with van der Waals surface area (Å²) in [6.07, 6.45) is 3.48. The molecule has 0 saturated carbocycles. The summed E-state index contributed by atoms with van der Waals surface area (Å²) < 4.78 is 18.4. The molecule has 2 aromatic rings. The third-order valence-electron chi connectivity index (χ3n) is 5.37. The number of nitrogens with one attached hydrogen (secondary N) is 1. The van der Waals surface area contributed by atoms with E-state index in [2.05, 4.69) is 10.5 Å². The number of anilines is 1. The van der Waals surface area contributed by atoms with Crippen molar-refractivity contribution < 1.29 is 18.5 Å². The zero-order valence-electron chi connectivity index (χ0n) is 16.6. The molecular weight excluding hydrogens is 397 g/mol. The monoisotopic (exact) mass is 421 g/mol. The standard InChI is InChI=1S/C21H25ClFN3O3/c1-3-18-20(13(2)29-25-18)21(28)26-10-8-14(9-11-26)4-7-19(27)24-15-5-6-17(23)16(22)12-15/h5-6,12,14H,3-4,7-11H2,1-2H3,(H,24,27). The predicted octanol–water partition coefficient (Wildman–Crippen LogP) is 4.61. The lowest BCUT2D eigenvalue weighted by Crippen LogP contribution is -2.39. The second-order valence-corrected chi connectivity index (χ2v) is 7.77. The molecule has 0 unspecified atom stereocenters. The van der Waals surface area contributed by atoms with Crippen molar-refractivity contribution in [1.82, 2.24) is 10.1 Å². The molecular formula is C21H25ClFN3O3. The minimum Gasteiger partial charge on any atom is -0.361 e. The van der Waals surface area contributed by atoms with Crippen molar-refractivity contribution in [2.75, 3.05) is 18.4 Å². The first kappa shape index (κ1) is 21.3. The highest BCUT2D eigenvalue weighted by Crippen LogP contribution is 2.25. The molecule has 1 saturated heterocycles. The maximum atomic E-state index is 13.2. The van der Waals surface area contributed by atoms with Crippen LogP contribution in [0.1, 0.15) is 54.4 Å². The predicted molar refractivity (Wildman–Crippen MR) is 109 cm³/mol. The van der Waals surface area contributed by atoms with Gasteiger partial charge in [0, 0.05) is 25.2 Å². The molecule has 29 heavy (non-hydrogen) atoms. The Morgan fingerprint density at radius 3 is 2.72 bits per heavy atom. The van der Waals surface area contributed by atoms with Gasteiger partial charge in [0.2, 0.25) is 5.91 Å². The van der Waals surface area contributed by atoms with Crippen molar-refractivity contribution in [1.29, 1.82) is 0 Å². The molecule has 0 bridgehead atoms. The fourth-order valence-electron chi connectivity index (χ4n) is 3.65. The third kappa shape index (κ3) is 5.15. The molecule has 1 aromatic carbocycles. The van der Waals surface area contributed by atoms with E-state index in [1.165, 1.54) is 18.2 Å². The van der Waals surface area contributed by atoms with E-state index in [1.807, 2.05) is 11.8 Å². The van der Waals surface area contributed by atoms with E-state index in [0.29, 0.717) is 54.6 Å². The van der Waals surface area contributed by atoms with Gasteiger partial charge in [0.15, 0.2) is 0 Å².